The molecule has 4 rings (SSSR count). The maximum atomic E-state index is 12.8. The predicted molar refractivity (Wildman–Crippen MR) is 109 cm³/mol. The number of anilines is 1. The molecule has 0 unspecified atom stereocenters. The van der Waals surface area contributed by atoms with Gasteiger partial charge in [-0.1, -0.05) is 30.3 Å². The number of nitrogens with one attached hydrogen (secondary N) is 1. The van der Waals surface area contributed by atoms with Gasteiger partial charge in [-0.05, 0) is 31.4 Å². The van der Waals surface area contributed by atoms with E-state index in [-0.39, 0.29) is 11.5 Å². The van der Waals surface area contributed by atoms with Gasteiger partial charge >= 0.3 is 5.63 Å². The van der Waals surface area contributed by atoms with E-state index in [4.69, 9.17) is 9.15 Å². The Labute approximate surface area is 168 Å². The van der Waals surface area contributed by atoms with Crippen molar-refractivity contribution in [3.63, 3.8) is 0 Å². The zero-order valence-corrected chi connectivity index (χ0v) is 16.5. The molecule has 1 saturated heterocycles. The highest BCUT2D eigenvalue weighted by Crippen LogP contribution is 2.27. The summed E-state index contributed by atoms with van der Waals surface area (Å²) in [5.74, 6) is 0.774. The molecule has 29 heavy (non-hydrogen) atoms. The smallest absolute Gasteiger partial charge is 0.349 e. The fraction of sp³-hybridized carbons (Fsp3) is 0.318. The van der Waals surface area contributed by atoms with Crippen LogP contribution >= 0.6 is 0 Å². The van der Waals surface area contributed by atoms with Gasteiger partial charge in [-0.3, -0.25) is 9.48 Å². The number of nitrogens with zero attached hydrogens (tertiary/aromatic N) is 2. The molecule has 0 aliphatic carbocycles. The predicted octanol–water partition coefficient (Wildman–Crippen LogP) is 3.50. The fourth-order valence-corrected chi connectivity index (χ4v) is 3.60. The molecule has 1 amide bonds. The minimum Gasteiger partial charge on any atom is -0.427 e. The minimum absolute atomic E-state index is 0.0169. The second-order valence-corrected chi connectivity index (χ2v) is 7.24. The van der Waals surface area contributed by atoms with Crippen LogP contribution in [0, 0.1) is 6.92 Å². The first-order chi connectivity index (χ1) is 14.0. The lowest BCUT2D eigenvalue weighted by atomic mass is 9.95. The molecule has 1 fully saturated rings. The monoisotopic (exact) mass is 393 g/mol. The Morgan fingerprint density at radius 1 is 1.17 bits per heavy atom. The van der Waals surface area contributed by atoms with Gasteiger partial charge in [0.15, 0.2) is 0 Å². The number of benzene rings is 1. The van der Waals surface area contributed by atoms with Crippen molar-refractivity contribution in [3.8, 4) is 11.3 Å². The first kappa shape index (κ1) is 19.1. The average Bonchev–Trinajstić information content (AvgIpc) is 3.09. The molecule has 0 radical (unpaired) electrons. The van der Waals surface area contributed by atoms with Crippen LogP contribution in [0.15, 0.2) is 51.7 Å². The number of aromatic nitrogens is 2. The Morgan fingerprint density at radius 2 is 1.90 bits per heavy atom. The summed E-state index contributed by atoms with van der Waals surface area (Å²) in [6.07, 6.45) is 1.62. The lowest BCUT2D eigenvalue weighted by molar-refractivity contribution is 0.0796. The Morgan fingerprint density at radius 3 is 2.59 bits per heavy atom. The van der Waals surface area contributed by atoms with E-state index < -0.39 is 11.5 Å². The highest BCUT2D eigenvalue weighted by atomic mass is 16.5. The van der Waals surface area contributed by atoms with Crippen molar-refractivity contribution in [2.45, 2.75) is 25.7 Å². The molecule has 1 aliphatic rings. The molecule has 150 valence electrons. The van der Waals surface area contributed by atoms with Crippen LogP contribution in [0.3, 0.4) is 0 Å². The number of ether oxygens (including phenoxy) is 1. The number of hydrogen-bond donors (Lipinski definition) is 1. The zero-order valence-electron chi connectivity index (χ0n) is 16.5. The van der Waals surface area contributed by atoms with Gasteiger partial charge in [0.2, 0.25) is 0 Å². The molecule has 1 aromatic carbocycles. The lowest BCUT2D eigenvalue weighted by Gasteiger charge is -2.21. The van der Waals surface area contributed by atoms with Crippen molar-refractivity contribution in [3.05, 3.63) is 69.8 Å². The van der Waals surface area contributed by atoms with Crippen LogP contribution in [0.1, 0.15) is 40.4 Å². The molecule has 3 aromatic rings. The summed E-state index contributed by atoms with van der Waals surface area (Å²) in [4.78, 5) is 25.4. The molecular weight excluding hydrogens is 370 g/mol. The Bertz CT molecular complexity index is 1080. The minimum atomic E-state index is -0.616. The molecule has 1 N–H and O–H groups in total. The van der Waals surface area contributed by atoms with E-state index in [1.165, 1.54) is 0 Å². The van der Waals surface area contributed by atoms with Crippen molar-refractivity contribution in [1.82, 2.24) is 9.78 Å². The number of rotatable bonds is 4. The molecule has 2 aromatic heterocycles. The highest BCUT2D eigenvalue weighted by molar-refractivity contribution is 6.04. The van der Waals surface area contributed by atoms with Crippen molar-refractivity contribution >= 4 is 11.7 Å². The molecule has 0 saturated carbocycles. The van der Waals surface area contributed by atoms with Gasteiger partial charge in [-0.15, -0.1) is 0 Å². The van der Waals surface area contributed by atoms with Crippen molar-refractivity contribution in [2.24, 2.45) is 7.05 Å². The van der Waals surface area contributed by atoms with E-state index in [1.54, 1.807) is 30.8 Å². The van der Waals surface area contributed by atoms with Crippen molar-refractivity contribution in [1.29, 1.82) is 0 Å². The van der Waals surface area contributed by atoms with Gasteiger partial charge in [0.25, 0.3) is 5.91 Å². The van der Waals surface area contributed by atoms with Gasteiger partial charge in [-0.25, -0.2) is 4.79 Å². The number of carbonyl (C=O) groups excluding carboxylic acids is 1. The van der Waals surface area contributed by atoms with Gasteiger partial charge in [0.1, 0.15) is 17.1 Å². The number of hydrogen-bond acceptors (Lipinski definition) is 5. The number of aryl methyl sites for hydroxylation is 2. The Balaban J connectivity index is 1.57. The topological polar surface area (TPSA) is 86.4 Å². The van der Waals surface area contributed by atoms with Crippen molar-refractivity contribution < 1.29 is 13.9 Å². The lowest BCUT2D eigenvalue weighted by Crippen LogP contribution is -2.25. The first-order valence-corrected chi connectivity index (χ1v) is 9.66. The summed E-state index contributed by atoms with van der Waals surface area (Å²) in [6.45, 7) is 3.06. The summed E-state index contributed by atoms with van der Waals surface area (Å²) in [6, 6.07) is 13.3. The van der Waals surface area contributed by atoms with Gasteiger partial charge in [-0.2, -0.15) is 5.10 Å². The quantitative estimate of drug-likeness (QED) is 0.733. The molecule has 0 spiro atoms. The summed E-state index contributed by atoms with van der Waals surface area (Å²) in [7, 11) is 1.74. The van der Waals surface area contributed by atoms with E-state index in [0.29, 0.717) is 30.4 Å². The van der Waals surface area contributed by atoms with E-state index in [2.05, 4.69) is 10.4 Å². The summed E-state index contributed by atoms with van der Waals surface area (Å²) >= 11 is 0. The second-order valence-electron chi connectivity index (χ2n) is 7.24. The zero-order chi connectivity index (χ0) is 20.4. The first-order valence-electron chi connectivity index (χ1n) is 9.66. The molecule has 7 heteroatoms. The maximum Gasteiger partial charge on any atom is 0.349 e. The SMILES string of the molecule is Cc1cc(C2CCOCC2)oc(=O)c1C(=O)Nc1cc(-c2ccccc2)nn1C. The van der Waals surface area contributed by atoms with Crippen LogP contribution in [0.25, 0.3) is 11.3 Å². The van der Waals surface area contributed by atoms with Crippen LogP contribution in [0.2, 0.25) is 0 Å². The van der Waals surface area contributed by atoms with E-state index >= 15 is 0 Å². The van der Waals surface area contributed by atoms with E-state index in [0.717, 1.165) is 24.1 Å². The molecule has 3 heterocycles. The fourth-order valence-electron chi connectivity index (χ4n) is 3.60. The summed E-state index contributed by atoms with van der Waals surface area (Å²) in [5.41, 5.74) is 1.69. The van der Waals surface area contributed by atoms with Gasteiger partial charge in [0.05, 0.1) is 5.69 Å². The molecule has 0 atom stereocenters. The average molecular weight is 393 g/mol. The van der Waals surface area contributed by atoms with Crippen molar-refractivity contribution in [2.75, 3.05) is 18.5 Å². The second kappa shape index (κ2) is 8.05. The van der Waals surface area contributed by atoms with Crippen LogP contribution in [0.5, 0.6) is 0 Å². The van der Waals surface area contributed by atoms with E-state index in [9.17, 15) is 9.59 Å². The van der Waals surface area contributed by atoms with Gasteiger partial charge < -0.3 is 14.5 Å². The van der Waals surface area contributed by atoms with Crippen LogP contribution in [-0.4, -0.2) is 28.9 Å². The highest BCUT2D eigenvalue weighted by Gasteiger charge is 2.23. The third kappa shape index (κ3) is 4.00. The summed E-state index contributed by atoms with van der Waals surface area (Å²) < 4.78 is 12.4. The summed E-state index contributed by atoms with van der Waals surface area (Å²) in [5, 5.41) is 7.22. The van der Waals surface area contributed by atoms with E-state index in [1.807, 2.05) is 30.3 Å². The molecule has 7 nitrogen and oxygen atoms in total. The Kier molecular flexibility index (Phi) is 5.31. The third-order valence-electron chi connectivity index (χ3n) is 5.21. The van der Waals surface area contributed by atoms with Crippen LogP contribution in [0.4, 0.5) is 5.82 Å². The third-order valence-corrected chi connectivity index (χ3v) is 5.21. The normalized spacial score (nSPS) is 14.7. The standard InChI is InChI=1S/C22H23N3O4/c1-14-12-18(16-8-10-28-11-9-16)29-22(27)20(14)21(26)23-19-13-17(24-25(19)2)15-6-4-3-5-7-15/h3-7,12-13,16H,8-11H2,1-2H3,(H,23,26). The molecule has 1 aliphatic heterocycles. The van der Waals surface area contributed by atoms with Crippen LogP contribution in [-0.2, 0) is 11.8 Å². The molecular formula is C22H23N3O4. The Hall–Kier alpha value is -3.19. The largest absolute Gasteiger partial charge is 0.427 e. The van der Waals surface area contributed by atoms with Crippen LogP contribution < -0.4 is 10.9 Å². The number of carbonyl (C=O) groups is 1. The van der Waals surface area contributed by atoms with Gasteiger partial charge in [0, 0.05) is 37.8 Å². The molecule has 0 bridgehead atoms. The maximum absolute atomic E-state index is 12.8. The number of amides is 1.